The van der Waals surface area contributed by atoms with Crippen LogP contribution in [0.5, 0.6) is 5.75 Å². The summed E-state index contributed by atoms with van der Waals surface area (Å²) in [4.78, 5) is 25.7. The molecule has 0 spiro atoms. The highest BCUT2D eigenvalue weighted by atomic mass is 16.5. The third-order valence-electron chi connectivity index (χ3n) is 3.60. The van der Waals surface area contributed by atoms with Gasteiger partial charge in [0.25, 0.3) is 11.8 Å². The van der Waals surface area contributed by atoms with Crippen LogP contribution in [-0.4, -0.2) is 25.0 Å². The van der Waals surface area contributed by atoms with Crippen LogP contribution < -0.4 is 15.0 Å². The zero-order valence-corrected chi connectivity index (χ0v) is 12.4. The Morgan fingerprint density at radius 3 is 2.64 bits per heavy atom. The van der Waals surface area contributed by atoms with Crippen molar-refractivity contribution in [3.63, 3.8) is 0 Å². The number of carbonyl (C=O) groups excluding carboxylic acids is 2. The molecule has 0 fully saturated rings. The molecule has 1 atom stereocenters. The number of amides is 2. The van der Waals surface area contributed by atoms with Crippen molar-refractivity contribution in [3.8, 4) is 5.75 Å². The first-order valence-electron chi connectivity index (χ1n) is 7.01. The molecule has 1 heterocycles. The highest BCUT2D eigenvalue weighted by Gasteiger charge is 2.29. The third kappa shape index (κ3) is 2.53. The minimum absolute atomic E-state index is 0.112. The van der Waals surface area contributed by atoms with E-state index in [9.17, 15) is 9.59 Å². The lowest BCUT2D eigenvalue weighted by molar-refractivity contribution is -0.125. The average molecular weight is 296 g/mol. The largest absolute Gasteiger partial charge is 0.479 e. The van der Waals surface area contributed by atoms with Gasteiger partial charge in [-0.05, 0) is 37.3 Å². The van der Waals surface area contributed by atoms with E-state index in [1.54, 1.807) is 49.2 Å². The van der Waals surface area contributed by atoms with Crippen LogP contribution in [0.25, 0.3) is 0 Å². The van der Waals surface area contributed by atoms with Gasteiger partial charge in [-0.1, -0.05) is 18.2 Å². The van der Waals surface area contributed by atoms with Crippen LogP contribution in [0.1, 0.15) is 17.3 Å². The summed E-state index contributed by atoms with van der Waals surface area (Å²) < 4.78 is 5.56. The van der Waals surface area contributed by atoms with E-state index in [1.807, 2.05) is 18.2 Å². The van der Waals surface area contributed by atoms with Crippen molar-refractivity contribution in [2.45, 2.75) is 13.0 Å². The molecule has 2 aromatic carbocycles. The maximum absolute atomic E-state index is 12.2. The van der Waals surface area contributed by atoms with Crippen LogP contribution in [-0.2, 0) is 4.79 Å². The highest BCUT2D eigenvalue weighted by Crippen LogP contribution is 2.35. The molecule has 1 aliphatic heterocycles. The summed E-state index contributed by atoms with van der Waals surface area (Å²) in [5, 5.41) is 2.82. The second-order valence-electron chi connectivity index (χ2n) is 5.16. The summed E-state index contributed by atoms with van der Waals surface area (Å²) >= 11 is 0. The number of nitrogens with zero attached hydrogens (tertiary/aromatic N) is 1. The molecule has 22 heavy (non-hydrogen) atoms. The van der Waals surface area contributed by atoms with Crippen LogP contribution in [0.2, 0.25) is 0 Å². The molecule has 0 aromatic heterocycles. The molecule has 5 heteroatoms. The molecule has 112 valence electrons. The lowest BCUT2D eigenvalue weighted by atomic mass is 10.1. The van der Waals surface area contributed by atoms with E-state index < -0.39 is 6.10 Å². The van der Waals surface area contributed by atoms with Crippen molar-refractivity contribution in [2.75, 3.05) is 17.3 Å². The second kappa shape index (κ2) is 5.52. The smallest absolute Gasteiger partial charge is 0.267 e. The predicted molar refractivity (Wildman–Crippen MR) is 84.3 cm³/mol. The first-order chi connectivity index (χ1) is 10.6. The van der Waals surface area contributed by atoms with Gasteiger partial charge in [0.2, 0.25) is 0 Å². The Morgan fingerprint density at radius 2 is 1.91 bits per heavy atom. The van der Waals surface area contributed by atoms with E-state index in [-0.39, 0.29) is 11.8 Å². The van der Waals surface area contributed by atoms with E-state index in [4.69, 9.17) is 4.74 Å². The van der Waals surface area contributed by atoms with Crippen molar-refractivity contribution >= 4 is 23.2 Å². The summed E-state index contributed by atoms with van der Waals surface area (Å²) in [6.45, 7) is 1.72. The van der Waals surface area contributed by atoms with Crippen molar-refractivity contribution in [1.29, 1.82) is 0 Å². The molecule has 2 aromatic rings. The first-order valence-corrected chi connectivity index (χ1v) is 7.01. The predicted octanol–water partition coefficient (Wildman–Crippen LogP) is 2.68. The number of hydrogen-bond donors (Lipinski definition) is 1. The molecule has 2 amide bonds. The molecule has 5 nitrogen and oxygen atoms in total. The number of carbonyl (C=O) groups is 2. The van der Waals surface area contributed by atoms with Gasteiger partial charge in [-0.25, -0.2) is 0 Å². The van der Waals surface area contributed by atoms with Crippen molar-refractivity contribution < 1.29 is 14.3 Å². The molecule has 0 saturated heterocycles. The van der Waals surface area contributed by atoms with Crippen molar-refractivity contribution in [2.24, 2.45) is 0 Å². The number of hydrogen-bond acceptors (Lipinski definition) is 3. The standard InChI is InChI=1S/C17H16N2O3/c1-11-17(21)19(2)14-10-13(8-9-15(14)22-11)18-16(20)12-6-4-3-5-7-12/h3-11H,1-2H3,(H,18,20). The van der Waals surface area contributed by atoms with Crippen molar-refractivity contribution in [3.05, 3.63) is 54.1 Å². The van der Waals surface area contributed by atoms with E-state index in [1.165, 1.54) is 0 Å². The fourth-order valence-corrected chi connectivity index (χ4v) is 2.38. The molecular weight excluding hydrogens is 280 g/mol. The maximum Gasteiger partial charge on any atom is 0.267 e. The monoisotopic (exact) mass is 296 g/mol. The minimum Gasteiger partial charge on any atom is -0.479 e. The Morgan fingerprint density at radius 1 is 1.18 bits per heavy atom. The van der Waals surface area contributed by atoms with E-state index >= 15 is 0 Å². The molecule has 3 rings (SSSR count). The van der Waals surface area contributed by atoms with Gasteiger partial charge in [-0.2, -0.15) is 0 Å². The number of anilines is 2. The Kier molecular flexibility index (Phi) is 3.55. The SMILES string of the molecule is CC1Oc2ccc(NC(=O)c3ccccc3)cc2N(C)C1=O. The van der Waals surface area contributed by atoms with Gasteiger partial charge >= 0.3 is 0 Å². The topological polar surface area (TPSA) is 58.6 Å². The molecule has 1 aliphatic rings. The van der Waals surface area contributed by atoms with Gasteiger partial charge in [0.05, 0.1) is 5.69 Å². The van der Waals surface area contributed by atoms with Gasteiger partial charge in [0.15, 0.2) is 6.10 Å². The van der Waals surface area contributed by atoms with Crippen LogP contribution in [0.3, 0.4) is 0 Å². The zero-order chi connectivity index (χ0) is 15.7. The summed E-state index contributed by atoms with van der Waals surface area (Å²) in [5.41, 5.74) is 1.84. The number of benzene rings is 2. The van der Waals surface area contributed by atoms with Crippen LogP contribution in [0.4, 0.5) is 11.4 Å². The zero-order valence-electron chi connectivity index (χ0n) is 12.4. The number of rotatable bonds is 2. The number of fused-ring (bicyclic) bond motifs is 1. The lowest BCUT2D eigenvalue weighted by Crippen LogP contribution is -2.41. The maximum atomic E-state index is 12.2. The molecule has 1 unspecified atom stereocenters. The van der Waals surface area contributed by atoms with E-state index in [0.717, 1.165) is 0 Å². The molecule has 0 bridgehead atoms. The lowest BCUT2D eigenvalue weighted by Gasteiger charge is -2.30. The number of nitrogens with one attached hydrogen (secondary N) is 1. The van der Waals surface area contributed by atoms with Gasteiger partial charge in [0, 0.05) is 18.3 Å². The van der Waals surface area contributed by atoms with Crippen LogP contribution in [0, 0.1) is 0 Å². The van der Waals surface area contributed by atoms with Crippen LogP contribution >= 0.6 is 0 Å². The van der Waals surface area contributed by atoms with Gasteiger partial charge < -0.3 is 15.0 Å². The van der Waals surface area contributed by atoms with Crippen LogP contribution in [0.15, 0.2) is 48.5 Å². The summed E-state index contributed by atoms with van der Waals surface area (Å²) in [5.74, 6) is 0.325. The molecular formula is C17H16N2O3. The van der Waals surface area contributed by atoms with E-state index in [0.29, 0.717) is 22.7 Å². The fraction of sp³-hybridized carbons (Fsp3) is 0.176. The Hall–Kier alpha value is -2.82. The summed E-state index contributed by atoms with van der Waals surface area (Å²) in [7, 11) is 1.70. The molecule has 0 aliphatic carbocycles. The third-order valence-corrected chi connectivity index (χ3v) is 3.60. The summed E-state index contributed by atoms with van der Waals surface area (Å²) in [6.07, 6.45) is -0.498. The first kappa shape index (κ1) is 14.1. The molecule has 1 N–H and O–H groups in total. The fourth-order valence-electron chi connectivity index (χ4n) is 2.38. The molecule has 0 radical (unpaired) electrons. The van der Waals surface area contributed by atoms with Gasteiger partial charge in [0.1, 0.15) is 5.75 Å². The number of ether oxygens (including phenoxy) is 1. The second-order valence-corrected chi connectivity index (χ2v) is 5.16. The Labute approximate surface area is 128 Å². The number of likely N-dealkylation sites (N-methyl/N-ethyl adjacent to an activating group) is 1. The molecule has 0 saturated carbocycles. The van der Waals surface area contributed by atoms with Gasteiger partial charge in [-0.15, -0.1) is 0 Å². The minimum atomic E-state index is -0.498. The van der Waals surface area contributed by atoms with Gasteiger partial charge in [-0.3, -0.25) is 9.59 Å². The van der Waals surface area contributed by atoms with E-state index in [2.05, 4.69) is 5.32 Å². The average Bonchev–Trinajstić information content (AvgIpc) is 2.54. The highest BCUT2D eigenvalue weighted by molar-refractivity contribution is 6.05. The summed E-state index contributed by atoms with van der Waals surface area (Å²) in [6, 6.07) is 14.2. The normalized spacial score (nSPS) is 16.7. The Bertz CT molecular complexity index is 728. The van der Waals surface area contributed by atoms with Crippen molar-refractivity contribution in [1.82, 2.24) is 0 Å². The quantitative estimate of drug-likeness (QED) is 0.927. The Balaban J connectivity index is 1.85.